The van der Waals surface area contributed by atoms with E-state index in [1.165, 1.54) is 19.1 Å². The van der Waals surface area contributed by atoms with Crippen LogP contribution in [-0.2, 0) is 16.0 Å². The number of nitro groups is 1. The quantitative estimate of drug-likeness (QED) is 0.402. The summed E-state index contributed by atoms with van der Waals surface area (Å²) >= 11 is 0. The monoisotopic (exact) mass is 425 g/mol. The molecule has 31 heavy (non-hydrogen) atoms. The highest BCUT2D eigenvalue weighted by Crippen LogP contribution is 2.31. The van der Waals surface area contributed by atoms with Gasteiger partial charge in [-0.1, -0.05) is 19.1 Å². The SMILES string of the molecule is CCc1ccc(NC(=O)[C@@H](C)OC(=O)c2ccc(N3CCCCC3)c([N+](=O)[O-])c2)cc1. The highest BCUT2D eigenvalue weighted by molar-refractivity contribution is 5.97. The number of hydrogen-bond acceptors (Lipinski definition) is 6. The summed E-state index contributed by atoms with van der Waals surface area (Å²) in [6, 6.07) is 11.7. The summed E-state index contributed by atoms with van der Waals surface area (Å²) in [5.41, 5.74) is 2.16. The van der Waals surface area contributed by atoms with E-state index in [0.717, 1.165) is 44.3 Å². The maximum Gasteiger partial charge on any atom is 0.339 e. The normalized spacial score (nSPS) is 14.6. The number of nitrogens with zero attached hydrogens (tertiary/aromatic N) is 2. The number of carbonyl (C=O) groups excluding carboxylic acids is 2. The number of amides is 1. The number of rotatable bonds is 7. The van der Waals surface area contributed by atoms with Gasteiger partial charge in [0, 0.05) is 24.8 Å². The topological polar surface area (TPSA) is 102 Å². The smallest absolute Gasteiger partial charge is 0.339 e. The zero-order valence-electron chi connectivity index (χ0n) is 17.8. The fourth-order valence-electron chi connectivity index (χ4n) is 3.55. The number of nitrogens with one attached hydrogen (secondary N) is 1. The van der Waals surface area contributed by atoms with Crippen LogP contribution in [0, 0.1) is 10.1 Å². The number of carbonyl (C=O) groups is 2. The molecule has 0 bridgehead atoms. The Morgan fingerprint density at radius 2 is 1.81 bits per heavy atom. The van der Waals surface area contributed by atoms with Gasteiger partial charge in [0.25, 0.3) is 11.6 Å². The van der Waals surface area contributed by atoms with Gasteiger partial charge in [0.1, 0.15) is 5.69 Å². The molecule has 1 aliphatic rings. The van der Waals surface area contributed by atoms with E-state index < -0.39 is 22.9 Å². The molecule has 1 N–H and O–H groups in total. The van der Waals surface area contributed by atoms with E-state index >= 15 is 0 Å². The Balaban J connectivity index is 1.67. The first-order valence-corrected chi connectivity index (χ1v) is 10.5. The van der Waals surface area contributed by atoms with Gasteiger partial charge in [0.2, 0.25) is 0 Å². The molecule has 8 nitrogen and oxygen atoms in total. The van der Waals surface area contributed by atoms with E-state index in [2.05, 4.69) is 5.32 Å². The van der Waals surface area contributed by atoms with Gasteiger partial charge in [0.15, 0.2) is 6.10 Å². The van der Waals surface area contributed by atoms with E-state index in [4.69, 9.17) is 4.74 Å². The second kappa shape index (κ2) is 10.1. The lowest BCUT2D eigenvalue weighted by Crippen LogP contribution is -2.31. The van der Waals surface area contributed by atoms with Gasteiger partial charge >= 0.3 is 5.97 Å². The van der Waals surface area contributed by atoms with Crippen LogP contribution in [0.3, 0.4) is 0 Å². The first kappa shape index (κ1) is 22.3. The number of aryl methyl sites for hydroxylation is 1. The number of benzene rings is 2. The van der Waals surface area contributed by atoms with Gasteiger partial charge in [-0.15, -0.1) is 0 Å². The first-order chi connectivity index (χ1) is 14.9. The molecule has 164 valence electrons. The summed E-state index contributed by atoms with van der Waals surface area (Å²) in [4.78, 5) is 37.9. The molecule has 1 saturated heterocycles. The minimum Gasteiger partial charge on any atom is -0.449 e. The Morgan fingerprint density at radius 1 is 1.13 bits per heavy atom. The van der Waals surface area contributed by atoms with Crippen molar-refractivity contribution in [1.29, 1.82) is 0 Å². The van der Waals surface area contributed by atoms with Crippen molar-refractivity contribution in [1.82, 2.24) is 0 Å². The molecule has 0 saturated carbocycles. The van der Waals surface area contributed by atoms with E-state index in [-0.39, 0.29) is 11.3 Å². The third-order valence-electron chi connectivity index (χ3n) is 5.39. The van der Waals surface area contributed by atoms with Crippen LogP contribution in [0.4, 0.5) is 17.1 Å². The van der Waals surface area contributed by atoms with Crippen molar-refractivity contribution in [2.45, 2.75) is 45.6 Å². The lowest BCUT2D eigenvalue weighted by Gasteiger charge is -2.28. The van der Waals surface area contributed by atoms with Crippen molar-refractivity contribution in [2.75, 3.05) is 23.3 Å². The van der Waals surface area contributed by atoms with Crippen molar-refractivity contribution >= 4 is 28.9 Å². The minimum absolute atomic E-state index is 0.0411. The molecule has 2 aromatic rings. The zero-order chi connectivity index (χ0) is 22.4. The van der Waals surface area contributed by atoms with Crippen LogP contribution in [0.15, 0.2) is 42.5 Å². The zero-order valence-corrected chi connectivity index (χ0v) is 17.8. The number of piperidine rings is 1. The molecule has 8 heteroatoms. The van der Waals surface area contributed by atoms with Crippen molar-refractivity contribution in [2.24, 2.45) is 0 Å². The van der Waals surface area contributed by atoms with Crippen LogP contribution in [0.2, 0.25) is 0 Å². The van der Waals surface area contributed by atoms with Crippen molar-refractivity contribution in [3.63, 3.8) is 0 Å². The lowest BCUT2D eigenvalue weighted by atomic mass is 10.1. The Kier molecular flexibility index (Phi) is 7.23. The van der Waals surface area contributed by atoms with E-state index in [9.17, 15) is 19.7 Å². The maximum absolute atomic E-state index is 12.5. The minimum atomic E-state index is -1.06. The van der Waals surface area contributed by atoms with Gasteiger partial charge in [-0.05, 0) is 62.4 Å². The van der Waals surface area contributed by atoms with Crippen molar-refractivity contribution < 1.29 is 19.2 Å². The molecule has 0 aromatic heterocycles. The summed E-state index contributed by atoms with van der Waals surface area (Å²) < 4.78 is 5.25. The highest BCUT2D eigenvalue weighted by Gasteiger charge is 2.25. The summed E-state index contributed by atoms with van der Waals surface area (Å²) in [6.07, 6.45) is 2.91. The Bertz CT molecular complexity index is 952. The van der Waals surface area contributed by atoms with E-state index in [1.54, 1.807) is 18.2 Å². The van der Waals surface area contributed by atoms with E-state index in [0.29, 0.717) is 11.4 Å². The molecule has 1 amide bonds. The predicted molar refractivity (Wildman–Crippen MR) is 118 cm³/mol. The molecule has 0 radical (unpaired) electrons. The highest BCUT2D eigenvalue weighted by atomic mass is 16.6. The number of nitro benzene ring substituents is 1. The molecule has 2 aromatic carbocycles. The third kappa shape index (κ3) is 5.59. The Labute approximate surface area is 181 Å². The van der Waals surface area contributed by atoms with Gasteiger partial charge < -0.3 is 15.0 Å². The molecular weight excluding hydrogens is 398 g/mol. The molecule has 0 unspecified atom stereocenters. The Morgan fingerprint density at radius 3 is 2.42 bits per heavy atom. The molecule has 1 fully saturated rings. The van der Waals surface area contributed by atoms with Crippen LogP contribution in [0.25, 0.3) is 0 Å². The third-order valence-corrected chi connectivity index (χ3v) is 5.39. The van der Waals surface area contributed by atoms with Gasteiger partial charge in [0.05, 0.1) is 10.5 Å². The second-order valence-electron chi connectivity index (χ2n) is 7.60. The molecule has 0 spiro atoms. The molecule has 1 heterocycles. The van der Waals surface area contributed by atoms with Crippen LogP contribution in [0.1, 0.15) is 49.0 Å². The first-order valence-electron chi connectivity index (χ1n) is 10.5. The van der Waals surface area contributed by atoms with Crippen LogP contribution in [0.5, 0.6) is 0 Å². The van der Waals surface area contributed by atoms with Crippen molar-refractivity contribution in [3.8, 4) is 0 Å². The second-order valence-corrected chi connectivity index (χ2v) is 7.60. The number of esters is 1. The van der Waals surface area contributed by atoms with Gasteiger partial charge in [-0.25, -0.2) is 4.79 Å². The van der Waals surface area contributed by atoms with E-state index in [1.807, 2.05) is 24.0 Å². The summed E-state index contributed by atoms with van der Waals surface area (Å²) in [6.45, 7) is 5.00. The predicted octanol–water partition coefficient (Wildman–Crippen LogP) is 4.33. The molecular formula is C23H27N3O5. The van der Waals surface area contributed by atoms with Gasteiger partial charge in [-0.3, -0.25) is 14.9 Å². The van der Waals surface area contributed by atoms with Crippen LogP contribution in [-0.4, -0.2) is 36.0 Å². The number of anilines is 2. The standard InChI is InChI=1S/C23H27N3O5/c1-3-17-7-10-19(11-8-17)24-22(27)16(2)31-23(28)18-9-12-20(21(15-18)26(29)30)25-13-5-4-6-14-25/h7-12,15-16H,3-6,13-14H2,1-2H3,(H,24,27)/t16-/m1/s1. The fraction of sp³-hybridized carbons (Fsp3) is 0.391. The number of ether oxygens (including phenoxy) is 1. The lowest BCUT2D eigenvalue weighted by molar-refractivity contribution is -0.384. The van der Waals surface area contributed by atoms with Crippen LogP contribution >= 0.6 is 0 Å². The largest absolute Gasteiger partial charge is 0.449 e. The average Bonchev–Trinajstić information content (AvgIpc) is 2.79. The maximum atomic E-state index is 12.5. The summed E-state index contributed by atoms with van der Waals surface area (Å²) in [7, 11) is 0. The van der Waals surface area contributed by atoms with Crippen LogP contribution < -0.4 is 10.2 Å². The molecule has 0 aliphatic carbocycles. The number of hydrogen-bond donors (Lipinski definition) is 1. The molecule has 1 atom stereocenters. The molecule has 3 rings (SSSR count). The molecule has 1 aliphatic heterocycles. The van der Waals surface area contributed by atoms with Gasteiger partial charge in [-0.2, -0.15) is 0 Å². The average molecular weight is 425 g/mol. The fourth-order valence-corrected chi connectivity index (χ4v) is 3.55. The Hall–Kier alpha value is -3.42. The summed E-state index contributed by atoms with van der Waals surface area (Å²) in [5, 5.41) is 14.3. The van der Waals surface area contributed by atoms with Crippen molar-refractivity contribution in [3.05, 3.63) is 63.7 Å². The summed E-state index contributed by atoms with van der Waals surface area (Å²) in [5.74, 6) is -1.26.